The minimum absolute atomic E-state index is 0.0250. The molecule has 0 spiro atoms. The van der Waals surface area contributed by atoms with E-state index in [0.29, 0.717) is 6.04 Å². The molecule has 0 saturated carbocycles. The number of amides is 1. The molecule has 1 aliphatic heterocycles. The highest BCUT2D eigenvalue weighted by atomic mass is 16.2. The summed E-state index contributed by atoms with van der Waals surface area (Å²) in [4.78, 5) is 12.4. The van der Waals surface area contributed by atoms with Gasteiger partial charge in [-0.1, -0.05) is 39.0 Å². The molecule has 0 radical (unpaired) electrons. The second kappa shape index (κ2) is 5.96. The summed E-state index contributed by atoms with van der Waals surface area (Å²) in [6.45, 7) is 8.64. The van der Waals surface area contributed by atoms with E-state index in [2.05, 4.69) is 44.4 Å². The summed E-state index contributed by atoms with van der Waals surface area (Å²) in [7, 11) is 0. The molecule has 3 heteroatoms. The van der Waals surface area contributed by atoms with E-state index in [1.807, 2.05) is 18.2 Å². The third kappa shape index (κ3) is 3.60. The van der Waals surface area contributed by atoms with Crippen LogP contribution >= 0.6 is 0 Å². The Kier molecular flexibility index (Phi) is 4.48. The molecule has 2 N–H and O–H groups in total. The van der Waals surface area contributed by atoms with Crippen LogP contribution in [0.4, 0.5) is 5.69 Å². The Morgan fingerprint density at radius 1 is 1.25 bits per heavy atom. The van der Waals surface area contributed by atoms with E-state index in [4.69, 9.17) is 0 Å². The first-order valence-electron chi connectivity index (χ1n) is 7.54. The number of carbonyl (C=O) groups excluding carboxylic acids is 1. The lowest BCUT2D eigenvalue weighted by molar-refractivity contribution is -0.118. The lowest BCUT2D eigenvalue weighted by atomic mass is 9.85. The maximum atomic E-state index is 12.4. The van der Waals surface area contributed by atoms with Crippen molar-refractivity contribution in [3.8, 4) is 0 Å². The highest BCUT2D eigenvalue weighted by Crippen LogP contribution is 2.29. The Bertz CT molecular complexity index is 476. The van der Waals surface area contributed by atoms with Crippen molar-refractivity contribution in [3.63, 3.8) is 0 Å². The number of hydrogen-bond donors (Lipinski definition) is 2. The van der Waals surface area contributed by atoms with Crippen LogP contribution < -0.4 is 10.6 Å². The molecule has 2 unspecified atom stereocenters. The van der Waals surface area contributed by atoms with E-state index < -0.39 is 0 Å². The summed E-state index contributed by atoms with van der Waals surface area (Å²) in [5.74, 6) is 0.0910. The van der Waals surface area contributed by atoms with Crippen molar-refractivity contribution in [1.82, 2.24) is 5.32 Å². The van der Waals surface area contributed by atoms with Crippen molar-refractivity contribution in [2.45, 2.75) is 64.5 Å². The van der Waals surface area contributed by atoms with E-state index in [0.717, 1.165) is 24.9 Å². The number of hydrogen-bond acceptors (Lipinski definition) is 2. The van der Waals surface area contributed by atoms with E-state index >= 15 is 0 Å². The van der Waals surface area contributed by atoms with Gasteiger partial charge in [0, 0.05) is 11.7 Å². The van der Waals surface area contributed by atoms with Gasteiger partial charge < -0.3 is 10.6 Å². The van der Waals surface area contributed by atoms with Gasteiger partial charge in [0.2, 0.25) is 5.91 Å². The molecule has 2 atom stereocenters. The molecule has 1 saturated heterocycles. The van der Waals surface area contributed by atoms with E-state index in [1.54, 1.807) is 0 Å². The van der Waals surface area contributed by atoms with Crippen LogP contribution in [0, 0.1) is 0 Å². The average Bonchev–Trinajstić information content (AvgIpc) is 2.38. The highest BCUT2D eigenvalue weighted by molar-refractivity contribution is 5.95. The second-order valence-electron chi connectivity index (χ2n) is 6.84. The van der Waals surface area contributed by atoms with Crippen LogP contribution in [-0.2, 0) is 10.2 Å². The van der Waals surface area contributed by atoms with Gasteiger partial charge in [0.25, 0.3) is 0 Å². The summed E-state index contributed by atoms with van der Waals surface area (Å²) < 4.78 is 0. The van der Waals surface area contributed by atoms with Gasteiger partial charge in [-0.25, -0.2) is 0 Å². The van der Waals surface area contributed by atoms with Gasteiger partial charge in [-0.15, -0.1) is 0 Å². The Balaban J connectivity index is 2.12. The molecule has 110 valence electrons. The number of anilines is 1. The number of piperidine rings is 1. The standard InChI is InChI=1S/C17H26N2O/c1-12-8-7-11-15(18-12)16(20)19-14-10-6-5-9-13(14)17(2,3)4/h5-6,9-10,12,15,18H,7-8,11H2,1-4H3,(H,19,20). The van der Waals surface area contributed by atoms with Crippen LogP contribution in [0.25, 0.3) is 0 Å². The second-order valence-corrected chi connectivity index (χ2v) is 6.84. The van der Waals surface area contributed by atoms with Gasteiger partial charge >= 0.3 is 0 Å². The largest absolute Gasteiger partial charge is 0.324 e. The van der Waals surface area contributed by atoms with Crippen molar-refractivity contribution in [3.05, 3.63) is 29.8 Å². The fourth-order valence-electron chi connectivity index (χ4n) is 2.81. The molecule has 1 aliphatic rings. The van der Waals surface area contributed by atoms with Gasteiger partial charge in [0.1, 0.15) is 0 Å². The Labute approximate surface area is 122 Å². The monoisotopic (exact) mass is 274 g/mol. The maximum Gasteiger partial charge on any atom is 0.241 e. The van der Waals surface area contributed by atoms with Crippen molar-refractivity contribution >= 4 is 11.6 Å². The van der Waals surface area contributed by atoms with Crippen molar-refractivity contribution in [2.75, 3.05) is 5.32 Å². The Morgan fingerprint density at radius 2 is 1.95 bits per heavy atom. The third-order valence-corrected chi connectivity index (χ3v) is 3.93. The van der Waals surface area contributed by atoms with Crippen LogP contribution in [0.1, 0.15) is 52.5 Å². The quantitative estimate of drug-likeness (QED) is 0.867. The van der Waals surface area contributed by atoms with Gasteiger partial charge in [-0.3, -0.25) is 4.79 Å². The zero-order valence-electron chi connectivity index (χ0n) is 13.0. The molecule has 1 amide bonds. The third-order valence-electron chi connectivity index (χ3n) is 3.93. The molecule has 20 heavy (non-hydrogen) atoms. The summed E-state index contributed by atoms with van der Waals surface area (Å²) in [6.07, 6.45) is 3.20. The predicted octanol–water partition coefficient (Wildman–Crippen LogP) is 3.45. The van der Waals surface area contributed by atoms with Crippen molar-refractivity contribution in [1.29, 1.82) is 0 Å². The van der Waals surface area contributed by atoms with Crippen molar-refractivity contribution < 1.29 is 4.79 Å². The number of nitrogens with one attached hydrogen (secondary N) is 2. The summed E-state index contributed by atoms with van der Waals surface area (Å²) in [5.41, 5.74) is 2.14. The number of rotatable bonds is 2. The molecule has 1 aromatic carbocycles. The van der Waals surface area contributed by atoms with E-state index in [1.165, 1.54) is 5.56 Å². The SMILES string of the molecule is CC1CCCC(C(=O)Nc2ccccc2C(C)(C)C)N1. The van der Waals surface area contributed by atoms with Crippen LogP contribution in [0.3, 0.4) is 0 Å². The summed E-state index contributed by atoms with van der Waals surface area (Å²) in [5, 5.41) is 6.49. The Hall–Kier alpha value is -1.35. The van der Waals surface area contributed by atoms with Gasteiger partial charge in [-0.05, 0) is 43.2 Å². The fraction of sp³-hybridized carbons (Fsp3) is 0.588. The molecule has 1 fully saturated rings. The van der Waals surface area contributed by atoms with Crippen LogP contribution in [0.15, 0.2) is 24.3 Å². The smallest absolute Gasteiger partial charge is 0.241 e. The molecule has 0 aliphatic carbocycles. The fourth-order valence-corrected chi connectivity index (χ4v) is 2.81. The lowest BCUT2D eigenvalue weighted by Crippen LogP contribution is -2.47. The summed E-state index contributed by atoms with van der Waals surface area (Å²) >= 11 is 0. The van der Waals surface area contributed by atoms with Gasteiger partial charge in [-0.2, -0.15) is 0 Å². The molecule has 1 aromatic rings. The van der Waals surface area contributed by atoms with Gasteiger partial charge in [0.05, 0.1) is 6.04 Å². The first kappa shape index (κ1) is 15.0. The maximum absolute atomic E-state index is 12.4. The molecular weight excluding hydrogens is 248 g/mol. The number of benzene rings is 1. The predicted molar refractivity (Wildman–Crippen MR) is 84.0 cm³/mol. The first-order valence-corrected chi connectivity index (χ1v) is 7.54. The average molecular weight is 274 g/mol. The highest BCUT2D eigenvalue weighted by Gasteiger charge is 2.25. The zero-order valence-corrected chi connectivity index (χ0v) is 13.0. The molecule has 0 bridgehead atoms. The first-order chi connectivity index (χ1) is 9.38. The van der Waals surface area contributed by atoms with Crippen LogP contribution in [-0.4, -0.2) is 18.0 Å². The molecule has 0 aromatic heterocycles. The molecule has 3 nitrogen and oxygen atoms in total. The minimum Gasteiger partial charge on any atom is -0.324 e. The van der Waals surface area contributed by atoms with Crippen LogP contribution in [0.2, 0.25) is 0 Å². The van der Waals surface area contributed by atoms with Crippen LogP contribution in [0.5, 0.6) is 0 Å². The molecule has 1 heterocycles. The topological polar surface area (TPSA) is 41.1 Å². The van der Waals surface area contributed by atoms with E-state index in [-0.39, 0.29) is 17.4 Å². The number of para-hydroxylation sites is 1. The molecular formula is C17H26N2O. The minimum atomic E-state index is -0.0632. The number of carbonyl (C=O) groups is 1. The molecule has 2 rings (SSSR count). The lowest BCUT2D eigenvalue weighted by Gasteiger charge is -2.29. The van der Waals surface area contributed by atoms with E-state index in [9.17, 15) is 4.79 Å². The Morgan fingerprint density at radius 3 is 2.60 bits per heavy atom. The normalized spacial score (nSPS) is 23.4. The summed E-state index contributed by atoms with van der Waals surface area (Å²) in [6, 6.07) is 8.44. The zero-order chi connectivity index (χ0) is 14.8. The van der Waals surface area contributed by atoms with Crippen molar-refractivity contribution in [2.24, 2.45) is 0 Å². The van der Waals surface area contributed by atoms with Gasteiger partial charge in [0.15, 0.2) is 0 Å².